The van der Waals surface area contributed by atoms with Gasteiger partial charge in [0, 0.05) is 31.0 Å². The van der Waals surface area contributed by atoms with Crippen LogP contribution in [0, 0.1) is 0 Å². The minimum atomic E-state index is 0.459. The average molecular weight is 348 g/mol. The number of nitrogens with two attached hydrogens (primary N) is 1. The highest BCUT2D eigenvalue weighted by atomic mass is 16.5. The van der Waals surface area contributed by atoms with Crippen molar-refractivity contribution in [3.05, 3.63) is 36.7 Å². The first-order valence-electron chi connectivity index (χ1n) is 8.39. The second-order valence-corrected chi connectivity index (χ2v) is 6.08. The molecule has 0 atom stereocenters. The summed E-state index contributed by atoms with van der Waals surface area (Å²) in [6, 6.07) is 7.44. The third kappa shape index (κ3) is 2.42. The van der Waals surface area contributed by atoms with Crippen LogP contribution < -0.4 is 10.6 Å². The quantitative estimate of drug-likeness (QED) is 0.588. The summed E-state index contributed by atoms with van der Waals surface area (Å²) in [7, 11) is 0. The molecule has 0 aliphatic carbocycles. The molecule has 26 heavy (non-hydrogen) atoms. The van der Waals surface area contributed by atoms with Crippen molar-refractivity contribution in [3.63, 3.8) is 0 Å². The van der Waals surface area contributed by atoms with Gasteiger partial charge < -0.3 is 19.8 Å². The summed E-state index contributed by atoms with van der Waals surface area (Å²) < 4.78 is 11.5. The SMILES string of the molecule is Nc1ccc(-c2nc(N3CCOCC3)c3oc4ncccc4c3n2)cn1. The van der Waals surface area contributed by atoms with Crippen molar-refractivity contribution in [3.8, 4) is 11.4 Å². The van der Waals surface area contributed by atoms with Gasteiger partial charge in [-0.1, -0.05) is 0 Å². The summed E-state index contributed by atoms with van der Waals surface area (Å²) in [6.07, 6.45) is 3.39. The first-order chi connectivity index (χ1) is 12.8. The molecule has 1 aliphatic heterocycles. The van der Waals surface area contributed by atoms with Crippen LogP contribution in [0.1, 0.15) is 0 Å². The van der Waals surface area contributed by atoms with E-state index >= 15 is 0 Å². The number of nitrogens with zero attached hydrogens (tertiary/aromatic N) is 5. The Hall–Kier alpha value is -3.26. The molecule has 0 saturated carbocycles. The lowest BCUT2D eigenvalue weighted by atomic mass is 10.2. The molecule has 4 aromatic rings. The fourth-order valence-electron chi connectivity index (χ4n) is 3.12. The molecule has 4 aromatic heterocycles. The molecule has 0 radical (unpaired) electrons. The second kappa shape index (κ2) is 5.92. The highest BCUT2D eigenvalue weighted by Crippen LogP contribution is 2.34. The number of fused-ring (bicyclic) bond motifs is 3. The average Bonchev–Trinajstić information content (AvgIpc) is 3.07. The summed E-state index contributed by atoms with van der Waals surface area (Å²) in [6.45, 7) is 2.80. The minimum absolute atomic E-state index is 0.459. The van der Waals surface area contributed by atoms with Crippen LogP contribution in [0.5, 0.6) is 0 Å². The molecule has 0 amide bonds. The number of hydrogen-bond acceptors (Lipinski definition) is 8. The summed E-state index contributed by atoms with van der Waals surface area (Å²) >= 11 is 0. The van der Waals surface area contributed by atoms with Crippen LogP contribution in [0.15, 0.2) is 41.1 Å². The van der Waals surface area contributed by atoms with Gasteiger partial charge in [-0.05, 0) is 24.3 Å². The zero-order valence-electron chi connectivity index (χ0n) is 13.9. The normalized spacial score (nSPS) is 15.0. The number of furan rings is 1. The van der Waals surface area contributed by atoms with Crippen LogP contribution in [0.25, 0.3) is 33.6 Å². The molecular weight excluding hydrogens is 332 g/mol. The van der Waals surface area contributed by atoms with E-state index in [1.54, 1.807) is 18.5 Å². The van der Waals surface area contributed by atoms with Crippen LogP contribution >= 0.6 is 0 Å². The first-order valence-corrected chi connectivity index (χ1v) is 8.39. The smallest absolute Gasteiger partial charge is 0.229 e. The number of pyridine rings is 2. The van der Waals surface area contributed by atoms with Gasteiger partial charge in [0.25, 0.3) is 0 Å². The van der Waals surface area contributed by atoms with E-state index in [0.29, 0.717) is 36.2 Å². The number of ether oxygens (including phenoxy) is 1. The summed E-state index contributed by atoms with van der Waals surface area (Å²) in [5.74, 6) is 1.79. The Morgan fingerprint density at radius 1 is 1.04 bits per heavy atom. The topological polar surface area (TPSA) is 103 Å². The maximum atomic E-state index is 5.99. The predicted molar refractivity (Wildman–Crippen MR) is 97.8 cm³/mol. The molecule has 130 valence electrons. The summed E-state index contributed by atoms with van der Waals surface area (Å²) in [4.78, 5) is 20.1. The Labute approximate surface area is 148 Å². The lowest BCUT2D eigenvalue weighted by Gasteiger charge is -2.27. The number of hydrogen-bond donors (Lipinski definition) is 1. The molecule has 0 bridgehead atoms. The number of morpholine rings is 1. The third-order valence-corrected chi connectivity index (χ3v) is 4.43. The van der Waals surface area contributed by atoms with Crippen LogP contribution in [0.3, 0.4) is 0 Å². The predicted octanol–water partition coefficient (Wildman–Crippen LogP) is 2.25. The van der Waals surface area contributed by atoms with Crippen molar-refractivity contribution in [2.24, 2.45) is 0 Å². The van der Waals surface area contributed by atoms with Crippen LogP contribution in [-0.2, 0) is 4.74 Å². The fraction of sp³-hybridized carbons (Fsp3) is 0.222. The Balaban J connectivity index is 1.77. The first kappa shape index (κ1) is 15.0. The van der Waals surface area contributed by atoms with E-state index < -0.39 is 0 Å². The Bertz CT molecular complexity index is 1090. The molecule has 1 aliphatic rings. The number of nitrogen functional groups attached to an aromatic ring is 1. The van der Waals surface area contributed by atoms with E-state index in [1.807, 2.05) is 18.2 Å². The van der Waals surface area contributed by atoms with Gasteiger partial charge in [-0.3, -0.25) is 0 Å². The van der Waals surface area contributed by atoms with Gasteiger partial charge in [0.1, 0.15) is 11.3 Å². The van der Waals surface area contributed by atoms with E-state index in [1.165, 1.54) is 0 Å². The number of aromatic nitrogens is 4. The van der Waals surface area contributed by atoms with Gasteiger partial charge in [-0.15, -0.1) is 0 Å². The molecule has 0 unspecified atom stereocenters. The highest BCUT2D eigenvalue weighted by molar-refractivity contribution is 6.05. The standard InChI is InChI=1S/C18H16N6O2/c19-13-4-3-11(10-21-13)16-22-14-12-2-1-5-20-18(12)26-15(14)17(23-16)24-6-8-25-9-7-24/h1-5,10H,6-9H2,(H2,19,21). The Morgan fingerprint density at radius 3 is 2.73 bits per heavy atom. The maximum absolute atomic E-state index is 5.99. The molecule has 8 nitrogen and oxygen atoms in total. The van der Waals surface area contributed by atoms with Crippen LogP contribution in [-0.4, -0.2) is 46.2 Å². The van der Waals surface area contributed by atoms with Crippen molar-refractivity contribution in [1.29, 1.82) is 0 Å². The number of anilines is 2. The van der Waals surface area contributed by atoms with Crippen molar-refractivity contribution in [1.82, 2.24) is 19.9 Å². The minimum Gasteiger partial charge on any atom is -0.432 e. The molecule has 0 aromatic carbocycles. The molecule has 0 spiro atoms. The fourth-order valence-corrected chi connectivity index (χ4v) is 3.12. The molecule has 8 heteroatoms. The molecule has 5 heterocycles. The summed E-state index contributed by atoms with van der Waals surface area (Å²) in [5, 5.41) is 0.865. The van der Waals surface area contributed by atoms with Crippen molar-refractivity contribution in [2.75, 3.05) is 36.9 Å². The van der Waals surface area contributed by atoms with Crippen LogP contribution in [0.4, 0.5) is 11.6 Å². The molecular formula is C18H16N6O2. The largest absolute Gasteiger partial charge is 0.432 e. The molecule has 1 fully saturated rings. The van der Waals surface area contributed by atoms with Crippen molar-refractivity contribution < 1.29 is 9.15 Å². The van der Waals surface area contributed by atoms with Gasteiger partial charge >= 0.3 is 0 Å². The second-order valence-electron chi connectivity index (χ2n) is 6.08. The van der Waals surface area contributed by atoms with Gasteiger partial charge in [0.2, 0.25) is 5.71 Å². The molecule has 1 saturated heterocycles. The van der Waals surface area contributed by atoms with E-state index in [4.69, 9.17) is 24.9 Å². The van der Waals surface area contributed by atoms with E-state index in [2.05, 4.69) is 14.9 Å². The highest BCUT2D eigenvalue weighted by Gasteiger charge is 2.22. The number of rotatable bonds is 2. The van der Waals surface area contributed by atoms with E-state index in [9.17, 15) is 0 Å². The van der Waals surface area contributed by atoms with Crippen molar-refractivity contribution >= 4 is 33.8 Å². The maximum Gasteiger partial charge on any atom is 0.229 e. The Kier molecular flexibility index (Phi) is 3.42. The van der Waals surface area contributed by atoms with Gasteiger partial charge in [-0.25, -0.2) is 19.9 Å². The summed E-state index contributed by atoms with van der Waals surface area (Å²) in [5.41, 5.74) is 8.45. The van der Waals surface area contributed by atoms with Crippen LogP contribution in [0.2, 0.25) is 0 Å². The zero-order valence-corrected chi connectivity index (χ0v) is 13.9. The van der Waals surface area contributed by atoms with E-state index in [0.717, 1.165) is 35.4 Å². The monoisotopic (exact) mass is 348 g/mol. The zero-order chi connectivity index (χ0) is 17.5. The third-order valence-electron chi connectivity index (χ3n) is 4.43. The Morgan fingerprint density at radius 2 is 1.92 bits per heavy atom. The lowest BCUT2D eigenvalue weighted by Crippen LogP contribution is -2.37. The lowest BCUT2D eigenvalue weighted by molar-refractivity contribution is 0.122. The molecule has 2 N–H and O–H groups in total. The van der Waals surface area contributed by atoms with Gasteiger partial charge in [0.05, 0.1) is 18.6 Å². The molecule has 5 rings (SSSR count). The van der Waals surface area contributed by atoms with Gasteiger partial charge in [-0.2, -0.15) is 0 Å². The van der Waals surface area contributed by atoms with Crippen molar-refractivity contribution in [2.45, 2.75) is 0 Å². The van der Waals surface area contributed by atoms with E-state index in [-0.39, 0.29) is 0 Å². The van der Waals surface area contributed by atoms with Gasteiger partial charge in [0.15, 0.2) is 17.2 Å².